The van der Waals surface area contributed by atoms with Crippen molar-refractivity contribution >= 4 is 29.0 Å². The Bertz CT molecular complexity index is 748. The van der Waals surface area contributed by atoms with E-state index in [1.807, 2.05) is 19.9 Å². The smallest absolute Gasteiger partial charge is 0.306 e. The van der Waals surface area contributed by atoms with Crippen LogP contribution in [-0.2, 0) is 14.3 Å². The second-order valence-corrected chi connectivity index (χ2v) is 7.18. The lowest BCUT2D eigenvalue weighted by Gasteiger charge is -2.11. The zero-order chi connectivity index (χ0) is 18.4. The molecule has 2 aromatic rings. The lowest BCUT2D eigenvalue weighted by molar-refractivity contribution is -0.148. The Morgan fingerprint density at radius 2 is 2.04 bits per heavy atom. The fraction of sp³-hybridized carbons (Fsp3) is 0.389. The van der Waals surface area contributed by atoms with Gasteiger partial charge in [0.2, 0.25) is 0 Å². The lowest BCUT2D eigenvalue weighted by atomic mass is 10.1. The fourth-order valence-electron chi connectivity index (χ4n) is 2.37. The third-order valence-electron chi connectivity index (χ3n) is 3.61. The molecular formula is C18H21NO5S. The third kappa shape index (κ3) is 5.56. The molecule has 0 saturated carbocycles. The largest absolute Gasteiger partial charge is 0.467 e. The van der Waals surface area contributed by atoms with Crippen molar-refractivity contribution < 1.29 is 23.5 Å². The molecule has 0 aliphatic rings. The van der Waals surface area contributed by atoms with Crippen LogP contribution >= 0.6 is 11.3 Å². The highest BCUT2D eigenvalue weighted by Gasteiger charge is 2.16. The number of ketones is 1. The zero-order valence-electron chi connectivity index (χ0n) is 14.5. The minimum absolute atomic E-state index is 0.0474. The van der Waals surface area contributed by atoms with Crippen LogP contribution in [0.1, 0.15) is 51.7 Å². The molecule has 2 heterocycles. The Kier molecular flexibility index (Phi) is 6.52. The number of nitrogens with one attached hydrogen (secondary N) is 1. The minimum atomic E-state index is -0.571. The van der Waals surface area contributed by atoms with Gasteiger partial charge in [-0.3, -0.25) is 14.4 Å². The van der Waals surface area contributed by atoms with E-state index in [0.29, 0.717) is 11.3 Å². The number of Topliss-reactive ketones (excluding diaryl/α,β-unsaturated/α-hetero) is 1. The van der Waals surface area contributed by atoms with Gasteiger partial charge in [0.25, 0.3) is 5.91 Å². The van der Waals surface area contributed by atoms with Crippen molar-refractivity contribution in [1.82, 2.24) is 5.32 Å². The van der Waals surface area contributed by atoms with E-state index in [1.54, 1.807) is 30.4 Å². The molecule has 2 aromatic heterocycles. The summed E-state index contributed by atoms with van der Waals surface area (Å²) in [5, 5.41) is 2.66. The number of amides is 1. The molecular weight excluding hydrogens is 342 g/mol. The standard InChI is InChI=1S/C18H21NO5S/c1-11-9-14(13(3)25-11)15(20)6-7-18(22)24-10-17(21)19-12(2)16-5-4-8-23-16/h4-5,8-9,12H,6-7,10H2,1-3H3,(H,19,21). The van der Waals surface area contributed by atoms with Gasteiger partial charge >= 0.3 is 5.97 Å². The highest BCUT2D eigenvalue weighted by molar-refractivity contribution is 7.12. The molecule has 1 atom stereocenters. The van der Waals surface area contributed by atoms with Gasteiger partial charge in [-0.15, -0.1) is 11.3 Å². The van der Waals surface area contributed by atoms with Crippen LogP contribution in [-0.4, -0.2) is 24.3 Å². The van der Waals surface area contributed by atoms with E-state index in [0.717, 1.165) is 9.75 Å². The summed E-state index contributed by atoms with van der Waals surface area (Å²) >= 11 is 1.55. The Morgan fingerprint density at radius 3 is 2.64 bits per heavy atom. The Hall–Kier alpha value is -2.41. The maximum atomic E-state index is 12.1. The van der Waals surface area contributed by atoms with Crippen molar-refractivity contribution in [2.45, 2.75) is 39.7 Å². The first kappa shape index (κ1) is 18.9. The number of rotatable bonds is 8. The number of esters is 1. The summed E-state index contributed by atoms with van der Waals surface area (Å²) < 4.78 is 10.1. The number of hydrogen-bond donors (Lipinski definition) is 1. The molecule has 1 N–H and O–H groups in total. The summed E-state index contributed by atoms with van der Waals surface area (Å²) in [6.45, 7) is 5.20. The van der Waals surface area contributed by atoms with E-state index in [2.05, 4.69) is 5.32 Å². The van der Waals surface area contributed by atoms with Gasteiger partial charge in [0, 0.05) is 21.7 Å². The quantitative estimate of drug-likeness (QED) is 0.574. The summed E-state index contributed by atoms with van der Waals surface area (Å²) in [4.78, 5) is 37.6. The van der Waals surface area contributed by atoms with Crippen molar-refractivity contribution in [3.63, 3.8) is 0 Å². The summed E-state index contributed by atoms with van der Waals surface area (Å²) in [5.41, 5.74) is 0.653. The van der Waals surface area contributed by atoms with E-state index in [-0.39, 0.29) is 31.3 Å². The van der Waals surface area contributed by atoms with Crippen molar-refractivity contribution in [3.05, 3.63) is 45.5 Å². The van der Waals surface area contributed by atoms with Crippen LogP contribution in [0.3, 0.4) is 0 Å². The van der Waals surface area contributed by atoms with Crippen LogP contribution in [0.15, 0.2) is 28.9 Å². The Balaban J connectivity index is 1.70. The van der Waals surface area contributed by atoms with Crippen LogP contribution in [0.5, 0.6) is 0 Å². The van der Waals surface area contributed by atoms with Crippen LogP contribution in [0.4, 0.5) is 0 Å². The molecule has 2 rings (SSSR count). The molecule has 0 aromatic carbocycles. The van der Waals surface area contributed by atoms with E-state index in [9.17, 15) is 14.4 Å². The molecule has 134 valence electrons. The molecule has 1 amide bonds. The molecule has 0 saturated heterocycles. The molecule has 25 heavy (non-hydrogen) atoms. The predicted octanol–water partition coefficient (Wildman–Crippen LogP) is 3.34. The Morgan fingerprint density at radius 1 is 1.28 bits per heavy atom. The van der Waals surface area contributed by atoms with Gasteiger partial charge < -0.3 is 14.5 Å². The molecule has 7 heteroatoms. The molecule has 0 fully saturated rings. The molecule has 0 spiro atoms. The summed E-state index contributed by atoms with van der Waals surface area (Å²) in [6, 6.07) is 4.99. The van der Waals surface area contributed by atoms with Gasteiger partial charge in [0.1, 0.15) is 5.76 Å². The number of thiophene rings is 1. The van der Waals surface area contributed by atoms with Crippen molar-refractivity contribution in [2.75, 3.05) is 6.61 Å². The highest BCUT2D eigenvalue weighted by Crippen LogP contribution is 2.22. The van der Waals surface area contributed by atoms with Gasteiger partial charge in [0.05, 0.1) is 18.7 Å². The van der Waals surface area contributed by atoms with Gasteiger partial charge in [-0.1, -0.05) is 0 Å². The SMILES string of the molecule is Cc1cc(C(=O)CCC(=O)OCC(=O)NC(C)c2ccco2)c(C)s1. The van der Waals surface area contributed by atoms with Gasteiger partial charge in [-0.2, -0.15) is 0 Å². The summed E-state index contributed by atoms with van der Waals surface area (Å²) in [6.07, 6.45) is 1.54. The number of aryl methyl sites for hydroxylation is 2. The first-order chi connectivity index (χ1) is 11.9. The van der Waals surface area contributed by atoms with Crippen LogP contribution in [0, 0.1) is 13.8 Å². The van der Waals surface area contributed by atoms with Gasteiger partial charge in [0.15, 0.2) is 12.4 Å². The van der Waals surface area contributed by atoms with Crippen LogP contribution in [0.2, 0.25) is 0 Å². The number of carbonyl (C=O) groups excluding carboxylic acids is 3. The third-order valence-corrected chi connectivity index (χ3v) is 4.58. The van der Waals surface area contributed by atoms with Crippen LogP contribution < -0.4 is 5.32 Å². The minimum Gasteiger partial charge on any atom is -0.467 e. The average molecular weight is 363 g/mol. The van der Waals surface area contributed by atoms with Crippen molar-refractivity contribution in [1.29, 1.82) is 0 Å². The molecule has 0 radical (unpaired) electrons. The fourth-order valence-corrected chi connectivity index (χ4v) is 3.31. The molecule has 0 bridgehead atoms. The second-order valence-electron chi connectivity index (χ2n) is 5.72. The van der Waals surface area contributed by atoms with Crippen LogP contribution in [0.25, 0.3) is 0 Å². The summed E-state index contributed by atoms with van der Waals surface area (Å²) in [7, 11) is 0. The number of carbonyl (C=O) groups is 3. The normalized spacial score (nSPS) is 11.8. The maximum Gasteiger partial charge on any atom is 0.306 e. The first-order valence-electron chi connectivity index (χ1n) is 7.95. The topological polar surface area (TPSA) is 85.6 Å². The molecule has 6 nitrogen and oxygen atoms in total. The average Bonchev–Trinajstić information content (AvgIpc) is 3.20. The zero-order valence-corrected chi connectivity index (χ0v) is 15.3. The molecule has 0 aliphatic heterocycles. The molecule has 1 unspecified atom stereocenters. The van der Waals surface area contributed by atoms with Gasteiger partial charge in [-0.25, -0.2) is 0 Å². The monoisotopic (exact) mass is 363 g/mol. The lowest BCUT2D eigenvalue weighted by Crippen LogP contribution is -2.31. The van der Waals surface area contributed by atoms with E-state index >= 15 is 0 Å². The second kappa shape index (κ2) is 8.62. The van der Waals surface area contributed by atoms with E-state index in [1.165, 1.54) is 6.26 Å². The molecule has 0 aliphatic carbocycles. The number of furan rings is 1. The number of hydrogen-bond acceptors (Lipinski definition) is 6. The summed E-state index contributed by atoms with van der Waals surface area (Å²) in [5.74, 6) is -0.465. The predicted molar refractivity (Wildman–Crippen MR) is 93.6 cm³/mol. The highest BCUT2D eigenvalue weighted by atomic mass is 32.1. The maximum absolute atomic E-state index is 12.1. The van der Waals surface area contributed by atoms with Gasteiger partial charge in [-0.05, 0) is 39.0 Å². The first-order valence-corrected chi connectivity index (χ1v) is 8.77. The van der Waals surface area contributed by atoms with E-state index < -0.39 is 11.9 Å². The number of ether oxygens (including phenoxy) is 1. The van der Waals surface area contributed by atoms with E-state index in [4.69, 9.17) is 9.15 Å². The van der Waals surface area contributed by atoms with Crippen molar-refractivity contribution in [2.24, 2.45) is 0 Å². The Labute approximate surface area is 150 Å². The van der Waals surface area contributed by atoms with Crippen molar-refractivity contribution in [3.8, 4) is 0 Å².